The van der Waals surface area contributed by atoms with Crippen molar-refractivity contribution >= 4 is 17.5 Å². The van der Waals surface area contributed by atoms with Crippen molar-refractivity contribution < 1.29 is 14.3 Å². The number of carbonyl (C=O) groups excluding carboxylic acids is 1. The van der Waals surface area contributed by atoms with Crippen molar-refractivity contribution in [2.24, 2.45) is 0 Å². The van der Waals surface area contributed by atoms with E-state index < -0.39 is 0 Å². The molecule has 0 bridgehead atoms. The van der Waals surface area contributed by atoms with E-state index in [0.29, 0.717) is 23.7 Å². The molecule has 0 unspecified atom stereocenters. The predicted octanol–water partition coefficient (Wildman–Crippen LogP) is 4.63. The Morgan fingerprint density at radius 2 is 1.68 bits per heavy atom. The number of halogens is 1. The Balaban J connectivity index is 1.60. The van der Waals surface area contributed by atoms with Gasteiger partial charge in [0.25, 0.3) is 5.91 Å². The van der Waals surface area contributed by atoms with Crippen molar-refractivity contribution in [1.82, 2.24) is 5.32 Å². The van der Waals surface area contributed by atoms with E-state index in [0.717, 1.165) is 22.4 Å². The maximum absolute atomic E-state index is 12.2. The van der Waals surface area contributed by atoms with Crippen LogP contribution in [0, 0.1) is 0 Å². The molecule has 0 radical (unpaired) electrons. The van der Waals surface area contributed by atoms with Crippen LogP contribution in [-0.2, 0) is 17.8 Å². The number of benzene rings is 3. The highest BCUT2D eigenvalue weighted by Gasteiger charge is 2.10. The molecule has 3 aromatic carbocycles. The first-order chi connectivity index (χ1) is 13.7. The van der Waals surface area contributed by atoms with Crippen LogP contribution in [0.3, 0.4) is 0 Å². The number of ether oxygens (including phenoxy) is 2. The van der Waals surface area contributed by atoms with Gasteiger partial charge in [-0.15, -0.1) is 0 Å². The average molecular weight is 396 g/mol. The van der Waals surface area contributed by atoms with E-state index in [2.05, 4.69) is 5.32 Å². The highest BCUT2D eigenvalue weighted by atomic mass is 35.5. The van der Waals surface area contributed by atoms with Gasteiger partial charge in [0.2, 0.25) is 0 Å². The standard InChI is InChI=1S/C23H22ClNO3/c1-27-21-10-6-5-9-18(21)15-25-23(26)16-28-22-12-11-20(24)14-19(22)13-17-7-3-2-4-8-17/h2-12,14H,13,15-16H2,1H3,(H,25,26). The fourth-order valence-electron chi connectivity index (χ4n) is 2.88. The lowest BCUT2D eigenvalue weighted by atomic mass is 10.0. The molecule has 0 aromatic heterocycles. The van der Waals surface area contributed by atoms with Gasteiger partial charge in [-0.2, -0.15) is 0 Å². The molecule has 4 nitrogen and oxygen atoms in total. The van der Waals surface area contributed by atoms with Crippen LogP contribution in [0.4, 0.5) is 0 Å². The number of hydrogen-bond acceptors (Lipinski definition) is 3. The van der Waals surface area contributed by atoms with Gasteiger partial charge in [-0.25, -0.2) is 0 Å². The van der Waals surface area contributed by atoms with Crippen molar-refractivity contribution in [3.8, 4) is 11.5 Å². The van der Waals surface area contributed by atoms with E-state index in [1.807, 2.05) is 60.7 Å². The van der Waals surface area contributed by atoms with Crippen LogP contribution in [-0.4, -0.2) is 19.6 Å². The van der Waals surface area contributed by atoms with Crippen LogP contribution in [0.2, 0.25) is 5.02 Å². The molecular weight excluding hydrogens is 374 g/mol. The van der Waals surface area contributed by atoms with Crippen LogP contribution in [0.5, 0.6) is 11.5 Å². The Kier molecular flexibility index (Phi) is 6.93. The SMILES string of the molecule is COc1ccccc1CNC(=O)COc1ccc(Cl)cc1Cc1ccccc1. The third-order valence-corrected chi connectivity index (χ3v) is 4.52. The molecule has 0 spiro atoms. The summed E-state index contributed by atoms with van der Waals surface area (Å²) in [4.78, 5) is 12.2. The Morgan fingerprint density at radius 1 is 0.929 bits per heavy atom. The Hall–Kier alpha value is -2.98. The number of nitrogens with one attached hydrogen (secondary N) is 1. The van der Waals surface area contributed by atoms with E-state index in [4.69, 9.17) is 21.1 Å². The Morgan fingerprint density at radius 3 is 2.46 bits per heavy atom. The molecule has 0 saturated carbocycles. The highest BCUT2D eigenvalue weighted by Crippen LogP contribution is 2.25. The van der Waals surface area contributed by atoms with Crippen LogP contribution < -0.4 is 14.8 Å². The predicted molar refractivity (Wildman–Crippen MR) is 111 cm³/mol. The fourth-order valence-corrected chi connectivity index (χ4v) is 3.07. The summed E-state index contributed by atoms with van der Waals surface area (Å²) < 4.78 is 11.1. The molecule has 3 aromatic rings. The van der Waals surface area contributed by atoms with Gasteiger partial charge in [0, 0.05) is 23.6 Å². The third kappa shape index (κ3) is 5.51. The number of para-hydroxylation sites is 1. The van der Waals surface area contributed by atoms with Crippen molar-refractivity contribution in [3.05, 3.63) is 94.5 Å². The monoisotopic (exact) mass is 395 g/mol. The number of methoxy groups -OCH3 is 1. The Labute approximate surface area is 170 Å². The molecule has 144 valence electrons. The van der Waals surface area contributed by atoms with E-state index in [-0.39, 0.29) is 12.5 Å². The van der Waals surface area contributed by atoms with Crippen molar-refractivity contribution in [2.75, 3.05) is 13.7 Å². The second-order valence-corrected chi connectivity index (χ2v) is 6.73. The van der Waals surface area contributed by atoms with Gasteiger partial charge in [0.1, 0.15) is 11.5 Å². The van der Waals surface area contributed by atoms with Gasteiger partial charge in [0.05, 0.1) is 7.11 Å². The normalized spacial score (nSPS) is 10.4. The summed E-state index contributed by atoms with van der Waals surface area (Å²) in [6.07, 6.45) is 0.680. The van der Waals surface area contributed by atoms with Crippen LogP contribution in [0.1, 0.15) is 16.7 Å². The van der Waals surface area contributed by atoms with E-state index in [9.17, 15) is 4.79 Å². The largest absolute Gasteiger partial charge is 0.496 e. The van der Waals surface area contributed by atoms with Gasteiger partial charge >= 0.3 is 0 Å². The molecule has 0 fully saturated rings. The molecule has 5 heteroatoms. The number of hydrogen-bond donors (Lipinski definition) is 1. The highest BCUT2D eigenvalue weighted by molar-refractivity contribution is 6.30. The summed E-state index contributed by atoms with van der Waals surface area (Å²) in [5, 5.41) is 3.49. The number of amides is 1. The molecule has 0 aliphatic heterocycles. The lowest BCUT2D eigenvalue weighted by Gasteiger charge is -2.13. The van der Waals surface area contributed by atoms with Gasteiger partial charge in [-0.1, -0.05) is 60.1 Å². The van der Waals surface area contributed by atoms with Gasteiger partial charge in [0.15, 0.2) is 6.61 Å². The lowest BCUT2D eigenvalue weighted by molar-refractivity contribution is -0.123. The number of rotatable bonds is 8. The lowest BCUT2D eigenvalue weighted by Crippen LogP contribution is -2.28. The first kappa shape index (κ1) is 19.8. The second-order valence-electron chi connectivity index (χ2n) is 6.29. The van der Waals surface area contributed by atoms with Crippen molar-refractivity contribution in [3.63, 3.8) is 0 Å². The topological polar surface area (TPSA) is 47.6 Å². The van der Waals surface area contributed by atoms with Crippen molar-refractivity contribution in [1.29, 1.82) is 0 Å². The molecule has 0 heterocycles. The van der Waals surface area contributed by atoms with Crippen LogP contribution in [0.25, 0.3) is 0 Å². The zero-order valence-corrected chi connectivity index (χ0v) is 16.4. The zero-order valence-electron chi connectivity index (χ0n) is 15.7. The summed E-state index contributed by atoms with van der Waals surface area (Å²) in [6, 6.07) is 23.1. The smallest absolute Gasteiger partial charge is 0.258 e. The molecule has 3 rings (SSSR count). The maximum atomic E-state index is 12.2. The van der Waals surface area contributed by atoms with Crippen molar-refractivity contribution in [2.45, 2.75) is 13.0 Å². The minimum atomic E-state index is -0.202. The second kappa shape index (κ2) is 9.81. The van der Waals surface area contributed by atoms with E-state index in [1.54, 1.807) is 19.2 Å². The quantitative estimate of drug-likeness (QED) is 0.604. The summed E-state index contributed by atoms with van der Waals surface area (Å²) in [5.41, 5.74) is 3.00. The molecule has 0 atom stereocenters. The number of carbonyl (C=O) groups is 1. The molecule has 1 amide bonds. The van der Waals surface area contributed by atoms with Gasteiger partial charge < -0.3 is 14.8 Å². The first-order valence-corrected chi connectivity index (χ1v) is 9.37. The van der Waals surface area contributed by atoms with Gasteiger partial charge in [-0.3, -0.25) is 4.79 Å². The summed E-state index contributed by atoms with van der Waals surface area (Å²) in [6.45, 7) is 0.308. The van der Waals surface area contributed by atoms with Crippen LogP contribution in [0.15, 0.2) is 72.8 Å². The third-order valence-electron chi connectivity index (χ3n) is 4.29. The van der Waals surface area contributed by atoms with E-state index >= 15 is 0 Å². The fraction of sp³-hybridized carbons (Fsp3) is 0.174. The maximum Gasteiger partial charge on any atom is 0.258 e. The molecule has 1 N–H and O–H groups in total. The van der Waals surface area contributed by atoms with Crippen LogP contribution >= 0.6 is 11.6 Å². The van der Waals surface area contributed by atoms with Gasteiger partial charge in [-0.05, 0) is 35.4 Å². The summed E-state index contributed by atoms with van der Waals surface area (Å²) in [7, 11) is 1.61. The van der Waals surface area contributed by atoms with E-state index in [1.165, 1.54) is 0 Å². The zero-order chi connectivity index (χ0) is 19.8. The molecule has 0 saturated heterocycles. The molecule has 0 aliphatic rings. The first-order valence-electron chi connectivity index (χ1n) is 8.99. The molecule has 28 heavy (non-hydrogen) atoms. The minimum absolute atomic E-state index is 0.0709. The summed E-state index contributed by atoms with van der Waals surface area (Å²) >= 11 is 6.15. The molecule has 0 aliphatic carbocycles. The molecular formula is C23H22ClNO3. The average Bonchev–Trinajstić information content (AvgIpc) is 2.72. The summed E-state index contributed by atoms with van der Waals surface area (Å²) in [5.74, 6) is 1.19. The minimum Gasteiger partial charge on any atom is -0.496 e. The Bertz CT molecular complexity index is 928.